The van der Waals surface area contributed by atoms with Gasteiger partial charge in [-0.2, -0.15) is 0 Å². The molecule has 0 saturated heterocycles. The molecule has 0 bridgehead atoms. The first-order valence-corrected chi connectivity index (χ1v) is 17.5. The first-order chi connectivity index (χ1) is 24.7. The van der Waals surface area contributed by atoms with Gasteiger partial charge in [-0.3, -0.25) is 0 Å². The van der Waals surface area contributed by atoms with Crippen molar-refractivity contribution in [2.75, 3.05) is 4.90 Å². The smallest absolute Gasteiger partial charge is 0.0538 e. The second-order valence-corrected chi connectivity index (χ2v) is 12.9. The van der Waals surface area contributed by atoms with Crippen molar-refractivity contribution in [3.63, 3.8) is 0 Å². The van der Waals surface area contributed by atoms with Gasteiger partial charge in [0.05, 0.1) is 11.0 Å². The summed E-state index contributed by atoms with van der Waals surface area (Å²) in [6.45, 7) is 4.21. The Balaban J connectivity index is 1.17. The van der Waals surface area contributed by atoms with Crippen molar-refractivity contribution in [1.82, 2.24) is 4.57 Å². The van der Waals surface area contributed by atoms with E-state index in [2.05, 4.69) is 198 Å². The van der Waals surface area contributed by atoms with Gasteiger partial charge in [-0.25, -0.2) is 0 Å². The molecular weight excluding hydrogens is 605 g/mol. The molecule has 2 nitrogen and oxygen atoms in total. The SMILES string of the molecule is C/C=C\C=C(/C)c1ccc(N(c2ccc(-c3ccccc3)cc2)c2ccc(-c3ccc4c(c3)c3ccccc3n4C3=CC=CCC3)cc2)cc1. The van der Waals surface area contributed by atoms with Crippen LogP contribution >= 0.6 is 0 Å². The van der Waals surface area contributed by atoms with Gasteiger partial charge in [-0.05, 0) is 121 Å². The predicted molar refractivity (Wildman–Crippen MR) is 216 cm³/mol. The van der Waals surface area contributed by atoms with Gasteiger partial charge in [0.15, 0.2) is 0 Å². The van der Waals surface area contributed by atoms with Gasteiger partial charge in [-0.15, -0.1) is 0 Å². The molecule has 0 fully saturated rings. The zero-order chi connectivity index (χ0) is 33.9. The third-order valence-corrected chi connectivity index (χ3v) is 9.76. The van der Waals surface area contributed by atoms with E-state index < -0.39 is 0 Å². The zero-order valence-electron chi connectivity index (χ0n) is 28.6. The van der Waals surface area contributed by atoms with E-state index in [1.54, 1.807) is 0 Å². The Morgan fingerprint density at radius 2 is 1.18 bits per heavy atom. The summed E-state index contributed by atoms with van der Waals surface area (Å²) in [5, 5.41) is 2.58. The number of rotatable bonds is 8. The average Bonchev–Trinajstić information content (AvgIpc) is 3.52. The van der Waals surface area contributed by atoms with E-state index in [0.29, 0.717) is 0 Å². The van der Waals surface area contributed by atoms with Gasteiger partial charge in [0.1, 0.15) is 0 Å². The van der Waals surface area contributed by atoms with Crippen LogP contribution in [0.3, 0.4) is 0 Å². The minimum Gasteiger partial charge on any atom is -0.313 e. The number of hydrogen-bond acceptors (Lipinski definition) is 1. The molecule has 0 radical (unpaired) electrons. The lowest BCUT2D eigenvalue weighted by Crippen LogP contribution is -2.09. The van der Waals surface area contributed by atoms with Crippen LogP contribution in [0.25, 0.3) is 55.3 Å². The molecule has 0 atom stereocenters. The van der Waals surface area contributed by atoms with Crippen molar-refractivity contribution < 1.29 is 0 Å². The van der Waals surface area contributed by atoms with Crippen LogP contribution in [-0.2, 0) is 0 Å². The van der Waals surface area contributed by atoms with Crippen molar-refractivity contribution in [3.8, 4) is 22.3 Å². The molecule has 1 heterocycles. The standard InChI is InChI=1S/C48H40N2/c1-3-4-13-35(2)36-20-27-42(28-21-36)49(43-29-22-38(23-30-43)37-14-7-5-8-15-37)44-31-24-39(25-32-44)40-26-33-48-46(34-40)45-18-11-12-19-47(45)50(48)41-16-9-6-10-17-41/h3-9,11-16,18-34H,10,17H2,1-2H3/b4-3-,35-13+. The van der Waals surface area contributed by atoms with E-state index in [1.165, 1.54) is 60.9 Å². The summed E-state index contributed by atoms with van der Waals surface area (Å²) in [4.78, 5) is 2.34. The molecule has 0 amide bonds. The lowest BCUT2D eigenvalue weighted by atomic mass is 10.0. The summed E-state index contributed by atoms with van der Waals surface area (Å²) in [5.74, 6) is 0. The van der Waals surface area contributed by atoms with Crippen molar-refractivity contribution in [1.29, 1.82) is 0 Å². The summed E-state index contributed by atoms with van der Waals surface area (Å²) in [6, 6.07) is 53.1. The van der Waals surface area contributed by atoms with E-state index in [9.17, 15) is 0 Å². The molecular formula is C48H40N2. The van der Waals surface area contributed by atoms with E-state index in [4.69, 9.17) is 0 Å². The predicted octanol–water partition coefficient (Wildman–Crippen LogP) is 13.8. The first-order valence-electron chi connectivity index (χ1n) is 17.5. The second-order valence-electron chi connectivity index (χ2n) is 12.9. The van der Waals surface area contributed by atoms with Gasteiger partial charge in [-0.1, -0.05) is 121 Å². The summed E-state index contributed by atoms with van der Waals surface area (Å²) >= 11 is 0. The molecule has 2 heteroatoms. The quantitative estimate of drug-likeness (QED) is 0.149. The number of hydrogen-bond donors (Lipinski definition) is 0. The molecule has 1 aliphatic rings. The Labute approximate surface area is 295 Å². The molecule has 6 aromatic carbocycles. The molecule has 0 saturated carbocycles. The van der Waals surface area contributed by atoms with E-state index in [0.717, 1.165) is 29.9 Å². The minimum atomic E-state index is 1.05. The van der Waals surface area contributed by atoms with Crippen LogP contribution in [0.4, 0.5) is 17.1 Å². The minimum absolute atomic E-state index is 1.05. The fourth-order valence-corrected chi connectivity index (χ4v) is 7.13. The fourth-order valence-electron chi connectivity index (χ4n) is 7.13. The third-order valence-electron chi connectivity index (χ3n) is 9.76. The number of nitrogens with zero attached hydrogens (tertiary/aromatic N) is 2. The van der Waals surface area contributed by atoms with Crippen LogP contribution in [0.15, 0.2) is 182 Å². The van der Waals surface area contributed by atoms with Gasteiger partial charge in [0.25, 0.3) is 0 Å². The molecule has 0 N–H and O–H groups in total. The van der Waals surface area contributed by atoms with E-state index >= 15 is 0 Å². The Morgan fingerprint density at radius 3 is 1.84 bits per heavy atom. The summed E-state index contributed by atoms with van der Waals surface area (Å²) in [6.07, 6.45) is 15.1. The highest BCUT2D eigenvalue weighted by Gasteiger charge is 2.17. The number of allylic oxidation sites excluding steroid dienone is 8. The van der Waals surface area contributed by atoms with Gasteiger partial charge < -0.3 is 9.47 Å². The number of aromatic nitrogens is 1. The third kappa shape index (κ3) is 6.01. The lowest BCUT2D eigenvalue weighted by Gasteiger charge is -2.26. The topological polar surface area (TPSA) is 8.17 Å². The van der Waals surface area contributed by atoms with Crippen LogP contribution in [0.5, 0.6) is 0 Å². The van der Waals surface area contributed by atoms with Crippen LogP contribution in [0.1, 0.15) is 32.3 Å². The second kappa shape index (κ2) is 13.8. The Bertz CT molecular complexity index is 2400. The number of anilines is 3. The molecule has 0 aliphatic heterocycles. The lowest BCUT2D eigenvalue weighted by molar-refractivity contribution is 0.979. The van der Waals surface area contributed by atoms with E-state index in [1.807, 2.05) is 6.92 Å². The van der Waals surface area contributed by atoms with Crippen LogP contribution < -0.4 is 4.90 Å². The Morgan fingerprint density at radius 1 is 0.600 bits per heavy atom. The molecule has 1 aromatic heterocycles. The van der Waals surface area contributed by atoms with Crippen molar-refractivity contribution in [2.24, 2.45) is 0 Å². The summed E-state index contributed by atoms with van der Waals surface area (Å²) < 4.78 is 2.45. The molecule has 0 spiro atoms. The maximum Gasteiger partial charge on any atom is 0.0538 e. The number of para-hydroxylation sites is 1. The maximum absolute atomic E-state index is 2.45. The number of benzene rings is 6. The maximum atomic E-state index is 2.45. The first kappa shape index (κ1) is 31.2. The monoisotopic (exact) mass is 644 g/mol. The molecule has 1 aliphatic carbocycles. The van der Waals surface area contributed by atoms with Crippen LogP contribution in [-0.4, -0.2) is 4.57 Å². The van der Waals surface area contributed by atoms with Crippen LogP contribution in [0.2, 0.25) is 0 Å². The highest BCUT2D eigenvalue weighted by atomic mass is 15.1. The Hall–Kier alpha value is -6.12. The van der Waals surface area contributed by atoms with Crippen molar-refractivity contribution in [2.45, 2.75) is 26.7 Å². The highest BCUT2D eigenvalue weighted by molar-refractivity contribution is 6.11. The highest BCUT2D eigenvalue weighted by Crippen LogP contribution is 2.39. The van der Waals surface area contributed by atoms with Crippen molar-refractivity contribution in [3.05, 3.63) is 188 Å². The normalized spacial score (nSPS) is 13.3. The molecule has 0 unspecified atom stereocenters. The molecule has 7 aromatic rings. The average molecular weight is 645 g/mol. The molecule has 8 rings (SSSR count). The van der Waals surface area contributed by atoms with Gasteiger partial charge in [0.2, 0.25) is 0 Å². The molecule has 242 valence electrons. The number of fused-ring (bicyclic) bond motifs is 3. The zero-order valence-corrected chi connectivity index (χ0v) is 28.6. The summed E-state index contributed by atoms with van der Waals surface area (Å²) in [7, 11) is 0. The molecule has 50 heavy (non-hydrogen) atoms. The Kier molecular flexibility index (Phi) is 8.59. The van der Waals surface area contributed by atoms with Gasteiger partial charge in [0, 0.05) is 33.5 Å². The van der Waals surface area contributed by atoms with E-state index in [-0.39, 0.29) is 0 Å². The van der Waals surface area contributed by atoms with Gasteiger partial charge >= 0.3 is 0 Å². The summed E-state index contributed by atoms with van der Waals surface area (Å²) in [5.41, 5.74) is 14.5. The fraction of sp³-hybridized carbons (Fsp3) is 0.0833. The largest absolute Gasteiger partial charge is 0.313 e. The van der Waals surface area contributed by atoms with Crippen LogP contribution in [0, 0.1) is 0 Å². The van der Waals surface area contributed by atoms with Crippen molar-refractivity contribution >= 4 is 50.1 Å².